The van der Waals surface area contributed by atoms with Gasteiger partial charge in [0.1, 0.15) is 0 Å². The minimum Gasteiger partial charge on any atom is -1.00 e. The van der Waals surface area contributed by atoms with Gasteiger partial charge in [-0.3, -0.25) is 0 Å². The maximum atomic E-state index is 3.57. The molecule has 108 valence electrons. The van der Waals surface area contributed by atoms with Crippen molar-refractivity contribution in [3.05, 3.63) is 0 Å². The van der Waals surface area contributed by atoms with Crippen LogP contribution in [-0.4, -0.2) is 36.1 Å². The van der Waals surface area contributed by atoms with Crippen LogP contribution < -0.4 is 5.32 Å². The topological polar surface area (TPSA) is 12.0 Å². The van der Waals surface area contributed by atoms with Gasteiger partial charge in [0, 0.05) is 0 Å². The summed E-state index contributed by atoms with van der Waals surface area (Å²) in [4.78, 5) is 0. The van der Waals surface area contributed by atoms with Gasteiger partial charge < -0.3 is 8.17 Å². The van der Waals surface area contributed by atoms with Gasteiger partial charge in [-0.15, -0.1) is 0 Å². The van der Waals surface area contributed by atoms with Gasteiger partial charge in [-0.2, -0.15) is 0 Å². The normalized spacial score (nSPS) is 10.3. The van der Waals surface area contributed by atoms with E-state index in [0.717, 1.165) is 0 Å². The summed E-state index contributed by atoms with van der Waals surface area (Å²) in [6, 6.07) is 0. The van der Waals surface area contributed by atoms with E-state index in [-0.39, 0.29) is 25.9 Å². The summed E-state index contributed by atoms with van der Waals surface area (Å²) in [5, 5.41) is 3.57. The van der Waals surface area contributed by atoms with Crippen molar-refractivity contribution in [3.8, 4) is 0 Å². The molecule has 18 heavy (non-hydrogen) atoms. The van der Waals surface area contributed by atoms with Gasteiger partial charge in [-0.1, -0.05) is 78.1 Å². The third-order valence-corrected chi connectivity index (χ3v) is 3.41. The second-order valence-corrected chi connectivity index (χ2v) is 5.29. The minimum absolute atomic E-state index is 0. The Morgan fingerprint density at radius 3 is 1.28 bits per heavy atom. The molecule has 0 saturated carbocycles. The van der Waals surface area contributed by atoms with Crippen LogP contribution in [0.15, 0.2) is 0 Å². The molecule has 0 radical (unpaired) electrons. The zero-order valence-electron chi connectivity index (χ0n) is 15.1. The van der Waals surface area contributed by atoms with E-state index in [1.165, 1.54) is 90.1 Å². The van der Waals surface area contributed by atoms with Crippen molar-refractivity contribution in [2.45, 2.75) is 90.9 Å². The van der Waals surface area contributed by atoms with E-state index >= 15 is 0 Å². The molecule has 0 amide bonds. The first kappa shape index (κ1) is 21.0. The molecule has 0 heterocycles. The van der Waals surface area contributed by atoms with Gasteiger partial charge in [0.25, 0.3) is 0 Å². The van der Waals surface area contributed by atoms with Crippen molar-refractivity contribution in [1.29, 1.82) is 0 Å². The van der Waals surface area contributed by atoms with E-state index in [9.17, 15) is 0 Å². The zero-order valence-corrected chi connectivity index (χ0v) is 14.5. The molecule has 0 saturated heterocycles. The molecule has 1 nitrogen and oxygen atoms in total. The van der Waals surface area contributed by atoms with E-state index < -0.39 is 0 Å². The smallest absolute Gasteiger partial charge is 1.00 e. The van der Waals surface area contributed by atoms with Gasteiger partial charge in [-0.25, -0.2) is 0 Å². The molecule has 0 spiro atoms. The Balaban J connectivity index is -0.000000427. The van der Waals surface area contributed by atoms with Crippen molar-refractivity contribution in [2.75, 3.05) is 13.1 Å². The van der Waals surface area contributed by atoms with Crippen LogP contribution in [0.1, 0.15) is 93.8 Å². The van der Waals surface area contributed by atoms with Crippen molar-refractivity contribution < 1.29 is 2.85 Å². The molecule has 2 heteroatoms. The number of hydrogen-bond donors (Lipinski definition) is 1. The number of unbranched alkanes of at least 4 members (excludes halogenated alkanes) is 10. The molecule has 0 unspecified atom stereocenters. The first-order chi connectivity index (χ1) is 8.41. The predicted molar refractivity (Wildman–Crippen MR) is 87.6 cm³/mol. The summed E-state index contributed by atoms with van der Waals surface area (Å²) in [6.07, 6.45) is 16.9. The van der Waals surface area contributed by atoms with E-state index in [1.54, 1.807) is 0 Å². The Bertz CT molecular complexity index is 124. The van der Waals surface area contributed by atoms with Crippen LogP contribution in [0, 0.1) is 0 Å². The van der Waals surface area contributed by atoms with Crippen molar-refractivity contribution >= 4 is 23.1 Å². The summed E-state index contributed by atoms with van der Waals surface area (Å²) in [7, 11) is 0. The standard InChI is InChI=1S/C16H35N.Mg.2H/c1-3-5-7-9-11-13-15-17-16-14-12-10-8-6-4-2;;;/h17H,3-16H2,1-2H3;;;/q;+2;2*-1. The van der Waals surface area contributed by atoms with E-state index in [1.807, 2.05) is 0 Å². The third kappa shape index (κ3) is 19.1. The van der Waals surface area contributed by atoms with Crippen LogP contribution in [0.4, 0.5) is 0 Å². The summed E-state index contributed by atoms with van der Waals surface area (Å²) in [5.41, 5.74) is 0. The van der Waals surface area contributed by atoms with Crippen LogP contribution >= 0.6 is 0 Å². The average molecular weight is 268 g/mol. The Morgan fingerprint density at radius 2 is 0.889 bits per heavy atom. The number of rotatable bonds is 14. The molecule has 0 aromatic heterocycles. The predicted octanol–water partition coefficient (Wildman–Crippen LogP) is 5.14. The molecular weight excluding hydrogens is 230 g/mol. The molecule has 0 aromatic carbocycles. The number of nitrogens with one attached hydrogen (secondary N) is 1. The Morgan fingerprint density at radius 1 is 0.556 bits per heavy atom. The SMILES string of the molecule is CCCCCCCCNCCCCCCCC.[H-].[H-].[Mg+2]. The number of hydrogen-bond acceptors (Lipinski definition) is 1. The first-order valence-corrected chi connectivity index (χ1v) is 8.12. The summed E-state index contributed by atoms with van der Waals surface area (Å²) >= 11 is 0. The molecule has 1 N–H and O–H groups in total. The largest absolute Gasteiger partial charge is 2.00 e. The molecule has 0 bridgehead atoms. The van der Waals surface area contributed by atoms with Gasteiger partial charge in [0.15, 0.2) is 0 Å². The second kappa shape index (κ2) is 20.1. The maximum absolute atomic E-state index is 3.57. The summed E-state index contributed by atoms with van der Waals surface area (Å²) in [5.74, 6) is 0. The van der Waals surface area contributed by atoms with Gasteiger partial charge >= 0.3 is 23.1 Å². The van der Waals surface area contributed by atoms with E-state index in [2.05, 4.69) is 19.2 Å². The van der Waals surface area contributed by atoms with Crippen LogP contribution in [0.2, 0.25) is 0 Å². The van der Waals surface area contributed by atoms with Crippen LogP contribution in [0.5, 0.6) is 0 Å². The Kier molecular flexibility index (Phi) is 23.4. The molecule has 0 aromatic rings. The monoisotopic (exact) mass is 267 g/mol. The van der Waals surface area contributed by atoms with Gasteiger partial charge in [0.2, 0.25) is 0 Å². The first-order valence-electron chi connectivity index (χ1n) is 8.12. The molecule has 0 aliphatic rings. The van der Waals surface area contributed by atoms with Crippen molar-refractivity contribution in [1.82, 2.24) is 5.32 Å². The fraction of sp³-hybridized carbons (Fsp3) is 1.00. The van der Waals surface area contributed by atoms with Crippen molar-refractivity contribution in [3.63, 3.8) is 0 Å². The molecule has 0 aliphatic carbocycles. The van der Waals surface area contributed by atoms with Gasteiger partial charge in [0.05, 0.1) is 0 Å². The summed E-state index contributed by atoms with van der Waals surface area (Å²) < 4.78 is 0. The van der Waals surface area contributed by atoms with Crippen LogP contribution in [0.3, 0.4) is 0 Å². The fourth-order valence-corrected chi connectivity index (χ4v) is 2.19. The maximum Gasteiger partial charge on any atom is 2.00 e. The van der Waals surface area contributed by atoms with Crippen molar-refractivity contribution in [2.24, 2.45) is 0 Å². The Labute approximate surface area is 135 Å². The van der Waals surface area contributed by atoms with Crippen LogP contribution in [-0.2, 0) is 0 Å². The molecule has 0 aliphatic heterocycles. The second-order valence-electron chi connectivity index (χ2n) is 5.29. The average Bonchev–Trinajstić information content (AvgIpc) is 2.35. The van der Waals surface area contributed by atoms with Crippen LogP contribution in [0.25, 0.3) is 0 Å². The van der Waals surface area contributed by atoms with E-state index in [0.29, 0.717) is 0 Å². The molecular formula is C16H37MgN. The minimum atomic E-state index is 0. The zero-order chi connectivity index (χ0) is 12.6. The molecule has 0 fully saturated rings. The third-order valence-electron chi connectivity index (χ3n) is 3.41. The molecule has 0 rings (SSSR count). The fourth-order valence-electron chi connectivity index (χ4n) is 2.19. The quantitative estimate of drug-likeness (QED) is 0.339. The summed E-state index contributed by atoms with van der Waals surface area (Å²) in [6.45, 7) is 7.03. The molecule has 0 atom stereocenters. The van der Waals surface area contributed by atoms with E-state index in [4.69, 9.17) is 0 Å². The Hall–Kier alpha value is 0.726. The van der Waals surface area contributed by atoms with Gasteiger partial charge in [-0.05, 0) is 25.9 Å².